The number of nitrogens with zero attached hydrogens (tertiary/aromatic N) is 4. The van der Waals surface area contributed by atoms with Gasteiger partial charge >= 0.3 is 0 Å². The second-order valence-corrected chi connectivity index (χ2v) is 17.4. The fourth-order valence-electron chi connectivity index (χ4n) is 7.93. The summed E-state index contributed by atoms with van der Waals surface area (Å²) in [4.78, 5) is 84.2. The maximum Gasteiger partial charge on any atom is 0.272 e. The van der Waals surface area contributed by atoms with Crippen molar-refractivity contribution >= 4 is 70.1 Å². The number of hydrogen-bond acceptors (Lipinski definition) is 10. The molecule has 2 aromatic heterocycles. The normalized spacial score (nSPS) is 15.0. The molecule has 7 N–H and O–H groups in total. The summed E-state index contributed by atoms with van der Waals surface area (Å²) >= 11 is 0. The lowest BCUT2D eigenvalue weighted by atomic mass is 10.0. The molecule has 18 heteroatoms. The minimum Gasteiger partial charge on any atom is -0.493 e. The Morgan fingerprint density at radius 1 is 0.750 bits per heavy atom. The van der Waals surface area contributed by atoms with E-state index in [-0.39, 0.29) is 48.6 Å². The summed E-state index contributed by atoms with van der Waals surface area (Å²) in [6, 6.07) is 19.0. The Kier molecular flexibility index (Phi) is 15.1. The number of aliphatic imine (C=N–C) groups is 1. The third-order valence-electron chi connectivity index (χ3n) is 11.9. The van der Waals surface area contributed by atoms with Crippen LogP contribution in [-0.2, 0) is 28.5 Å². The highest BCUT2D eigenvalue weighted by molar-refractivity contribution is 6.06. The van der Waals surface area contributed by atoms with E-state index in [4.69, 9.17) is 15.2 Å². The zero-order valence-electron chi connectivity index (χ0n) is 39.1. The Morgan fingerprint density at radius 2 is 1.38 bits per heavy atom. The molecule has 0 aliphatic carbocycles. The number of hydrogen-bond donors (Lipinski definition) is 6. The van der Waals surface area contributed by atoms with Gasteiger partial charge in [0.05, 0.1) is 42.7 Å². The van der Waals surface area contributed by atoms with Crippen LogP contribution >= 0.6 is 0 Å². The van der Waals surface area contributed by atoms with Gasteiger partial charge in [-0.2, -0.15) is 0 Å². The number of carbonyl (C=O) groups is 6. The summed E-state index contributed by atoms with van der Waals surface area (Å²) in [7, 11) is 5.00. The zero-order valence-corrected chi connectivity index (χ0v) is 39.1. The first kappa shape index (κ1) is 48.2. The Hall–Kier alpha value is -7.73. The third kappa shape index (κ3) is 11.4. The zero-order chi connectivity index (χ0) is 48.6. The van der Waals surface area contributed by atoms with Crippen molar-refractivity contribution in [3.63, 3.8) is 0 Å². The average Bonchev–Trinajstić information content (AvgIpc) is 3.87. The highest BCUT2D eigenvalue weighted by Gasteiger charge is 2.31. The third-order valence-corrected chi connectivity index (χ3v) is 11.9. The van der Waals surface area contributed by atoms with Crippen molar-refractivity contribution in [3.8, 4) is 22.6 Å². The predicted octanol–water partition coefficient (Wildman–Crippen LogP) is 6.48. The molecule has 0 bridgehead atoms. The van der Waals surface area contributed by atoms with E-state index in [1.165, 1.54) is 7.11 Å². The number of amides is 6. The van der Waals surface area contributed by atoms with Gasteiger partial charge in [0.15, 0.2) is 11.5 Å². The van der Waals surface area contributed by atoms with Gasteiger partial charge in [-0.3, -0.25) is 33.8 Å². The lowest BCUT2D eigenvalue weighted by Crippen LogP contribution is -2.50. The van der Waals surface area contributed by atoms with Gasteiger partial charge in [0.1, 0.15) is 17.4 Å². The number of benzene rings is 3. The fourth-order valence-corrected chi connectivity index (χ4v) is 7.93. The Balaban J connectivity index is 0.867. The standard InChI is InChI=1S/C50H58N10O8/c1-29(2)45(51)49(65)53-30(3)46(62)55-34-16-18-35(19-17-34)57-47(63)40-22-32(27-58(40)4)31-12-14-33(15-13-31)56-48(64)41-23-36(28-59(41)5)54-44(61)11-9-21-68-43-25-39-38(24-42(43)67-6)50(66)60-20-8-7-10-37(60)26-52-39/h12-19,22-30,37,45H,7-11,20-21,51H2,1-6H3,(H,53,65)(H,54,61)(H,55,62)(H,56,64)(H,57,63)/t30?,37-,45?/m0/s1. The van der Waals surface area contributed by atoms with E-state index in [0.717, 1.165) is 30.4 Å². The number of anilines is 4. The van der Waals surface area contributed by atoms with Crippen molar-refractivity contribution in [2.24, 2.45) is 30.7 Å². The van der Waals surface area contributed by atoms with E-state index < -0.39 is 23.9 Å². The van der Waals surface area contributed by atoms with Crippen LogP contribution < -0.4 is 41.8 Å². The van der Waals surface area contributed by atoms with Crippen LogP contribution in [0.4, 0.5) is 28.4 Å². The molecule has 7 rings (SSSR count). The lowest BCUT2D eigenvalue weighted by molar-refractivity contribution is -0.127. The minimum atomic E-state index is -0.802. The molecule has 1 saturated heterocycles. The summed E-state index contributed by atoms with van der Waals surface area (Å²) in [6.45, 7) is 6.14. The summed E-state index contributed by atoms with van der Waals surface area (Å²) < 4.78 is 14.9. The van der Waals surface area contributed by atoms with Gasteiger partial charge in [-0.15, -0.1) is 0 Å². The van der Waals surface area contributed by atoms with Crippen molar-refractivity contribution in [2.75, 3.05) is 41.5 Å². The second kappa shape index (κ2) is 21.3. The fraction of sp³-hybridized carbons (Fsp3) is 0.340. The molecule has 2 unspecified atom stereocenters. The van der Waals surface area contributed by atoms with Crippen LogP contribution in [0.25, 0.3) is 11.1 Å². The van der Waals surface area contributed by atoms with Crippen LogP contribution in [0.5, 0.6) is 11.5 Å². The van der Waals surface area contributed by atoms with Gasteiger partial charge in [0.2, 0.25) is 17.7 Å². The number of piperidine rings is 1. The molecule has 6 amide bonds. The molecule has 2 aliphatic rings. The molecule has 3 atom stereocenters. The van der Waals surface area contributed by atoms with Gasteiger partial charge in [-0.25, -0.2) is 0 Å². The highest BCUT2D eigenvalue weighted by atomic mass is 16.5. The van der Waals surface area contributed by atoms with Gasteiger partial charge in [-0.1, -0.05) is 26.0 Å². The first-order valence-corrected chi connectivity index (χ1v) is 22.6. The number of methoxy groups -OCH3 is 1. The minimum absolute atomic E-state index is 0.0206. The Labute approximate surface area is 394 Å². The highest BCUT2D eigenvalue weighted by Crippen LogP contribution is 2.38. The van der Waals surface area contributed by atoms with Crippen molar-refractivity contribution in [1.82, 2.24) is 19.4 Å². The summed E-state index contributed by atoms with van der Waals surface area (Å²) in [5, 5.41) is 14.0. The average molecular weight is 927 g/mol. The number of carbonyl (C=O) groups excluding carboxylic acids is 6. The predicted molar refractivity (Wildman–Crippen MR) is 261 cm³/mol. The smallest absolute Gasteiger partial charge is 0.272 e. The topological polar surface area (TPSA) is 233 Å². The van der Waals surface area contributed by atoms with Crippen molar-refractivity contribution in [3.05, 3.63) is 102 Å². The summed E-state index contributed by atoms with van der Waals surface area (Å²) in [5.74, 6) is -1.05. The van der Waals surface area contributed by atoms with Crippen LogP contribution in [0.15, 0.2) is 90.2 Å². The molecule has 1 fully saturated rings. The second-order valence-electron chi connectivity index (χ2n) is 17.4. The molecule has 0 spiro atoms. The first-order chi connectivity index (χ1) is 32.6. The number of fused-ring (bicyclic) bond motifs is 2. The van der Waals surface area contributed by atoms with E-state index in [9.17, 15) is 28.8 Å². The van der Waals surface area contributed by atoms with Crippen LogP contribution in [0.2, 0.25) is 0 Å². The molecule has 68 heavy (non-hydrogen) atoms. The Morgan fingerprint density at radius 3 is 2.04 bits per heavy atom. The number of nitrogens with one attached hydrogen (secondary N) is 5. The van der Waals surface area contributed by atoms with Crippen molar-refractivity contribution in [2.45, 2.75) is 71.0 Å². The molecule has 4 heterocycles. The monoisotopic (exact) mass is 926 g/mol. The van der Waals surface area contributed by atoms with Gasteiger partial charge < -0.3 is 55.8 Å². The van der Waals surface area contributed by atoms with E-state index in [2.05, 4.69) is 31.6 Å². The first-order valence-electron chi connectivity index (χ1n) is 22.6. The molecule has 3 aromatic carbocycles. The van der Waals surface area contributed by atoms with Crippen LogP contribution in [0.3, 0.4) is 0 Å². The van der Waals surface area contributed by atoms with Gasteiger partial charge in [-0.05, 0) is 98.7 Å². The SMILES string of the molecule is COc1cc2c(cc1OCCCC(=O)Nc1cc(C(=O)Nc3ccc(-c4cc(C(=O)Nc5ccc(NC(=O)C(C)NC(=O)C(N)C(C)C)cc5)n(C)c4)cc3)n(C)c1)N=C[C@@H]1CCCCN1C2=O. The van der Waals surface area contributed by atoms with E-state index in [1.807, 2.05) is 43.3 Å². The van der Waals surface area contributed by atoms with Gasteiger partial charge in [0, 0.05) is 74.4 Å². The molecule has 356 valence electrons. The van der Waals surface area contributed by atoms with Crippen LogP contribution in [0, 0.1) is 5.92 Å². The number of aromatic nitrogens is 2. The van der Waals surface area contributed by atoms with E-state index >= 15 is 0 Å². The number of rotatable bonds is 17. The van der Waals surface area contributed by atoms with E-state index in [1.54, 1.807) is 97.0 Å². The Bertz CT molecular complexity index is 2720. The van der Waals surface area contributed by atoms with E-state index in [0.29, 0.717) is 69.9 Å². The van der Waals surface area contributed by atoms with Crippen molar-refractivity contribution in [1.29, 1.82) is 0 Å². The van der Waals surface area contributed by atoms with Crippen molar-refractivity contribution < 1.29 is 38.2 Å². The number of aryl methyl sites for hydroxylation is 2. The number of nitrogens with two attached hydrogens (primary N) is 1. The van der Waals surface area contributed by atoms with Crippen LogP contribution in [0.1, 0.15) is 84.2 Å². The molecule has 18 nitrogen and oxygen atoms in total. The molecule has 2 aliphatic heterocycles. The molecular formula is C50H58N10O8. The maximum absolute atomic E-state index is 13.3. The quantitative estimate of drug-likeness (QED) is 0.0560. The van der Waals surface area contributed by atoms with Crippen LogP contribution in [-0.4, -0.2) is 94.1 Å². The summed E-state index contributed by atoms with van der Waals surface area (Å²) in [6.07, 6.45) is 8.79. The molecule has 5 aromatic rings. The maximum atomic E-state index is 13.3. The lowest BCUT2D eigenvalue weighted by Gasteiger charge is -2.32. The molecular weight excluding hydrogens is 869 g/mol. The largest absolute Gasteiger partial charge is 0.493 e. The molecule has 0 radical (unpaired) electrons. The molecule has 0 saturated carbocycles. The number of ether oxygens (including phenoxy) is 2. The summed E-state index contributed by atoms with van der Waals surface area (Å²) in [5.41, 5.74) is 11.3. The van der Waals surface area contributed by atoms with Gasteiger partial charge in [0.25, 0.3) is 17.7 Å².